The molecule has 0 saturated heterocycles. The van der Waals surface area contributed by atoms with Gasteiger partial charge in [-0.15, -0.1) is 11.3 Å². The first-order valence-electron chi connectivity index (χ1n) is 4.87. The van der Waals surface area contributed by atoms with Crippen LogP contribution in [0.15, 0.2) is 36.2 Å². The fraction of sp³-hybridized carbons (Fsp3) is 0.273. The Labute approximate surface area is 93.2 Å². The van der Waals surface area contributed by atoms with Crippen LogP contribution in [-0.4, -0.2) is 9.97 Å². The highest BCUT2D eigenvalue weighted by Crippen LogP contribution is 2.16. The third-order valence-electron chi connectivity index (χ3n) is 2.21. The molecule has 1 N–H and O–H groups in total. The molecule has 0 bridgehead atoms. The summed E-state index contributed by atoms with van der Waals surface area (Å²) >= 11 is 1.68. The fourth-order valence-electron chi connectivity index (χ4n) is 1.31. The molecule has 0 spiro atoms. The molecule has 0 radical (unpaired) electrons. The highest BCUT2D eigenvalue weighted by Gasteiger charge is 2.05. The van der Waals surface area contributed by atoms with Gasteiger partial charge >= 0.3 is 0 Å². The third kappa shape index (κ3) is 2.84. The first kappa shape index (κ1) is 10.3. The maximum Gasteiger partial charge on any atom is 0.0794 e. The molecule has 0 aliphatic rings. The first-order chi connectivity index (χ1) is 7.36. The van der Waals surface area contributed by atoms with E-state index < -0.39 is 0 Å². The van der Waals surface area contributed by atoms with E-state index in [9.17, 15) is 0 Å². The van der Waals surface area contributed by atoms with Gasteiger partial charge in [0.15, 0.2) is 0 Å². The molecule has 0 aromatic carbocycles. The molecule has 2 aromatic rings. The van der Waals surface area contributed by atoms with Gasteiger partial charge in [0.1, 0.15) is 0 Å². The molecule has 15 heavy (non-hydrogen) atoms. The van der Waals surface area contributed by atoms with Gasteiger partial charge in [-0.2, -0.15) is 0 Å². The average Bonchev–Trinajstić information content (AvgIpc) is 2.81. The lowest BCUT2D eigenvalue weighted by Gasteiger charge is -2.10. The van der Waals surface area contributed by atoms with Crippen LogP contribution in [0.4, 0.5) is 0 Å². The number of hydrogen-bond donors (Lipinski definition) is 1. The molecule has 2 aromatic heterocycles. The zero-order chi connectivity index (χ0) is 10.5. The normalized spacial score (nSPS) is 12.6. The monoisotopic (exact) mass is 219 g/mol. The van der Waals surface area contributed by atoms with Crippen molar-refractivity contribution in [3.8, 4) is 0 Å². The largest absolute Gasteiger partial charge is 0.305 e. The maximum absolute atomic E-state index is 4.08. The number of hydrogen-bond acceptors (Lipinski definition) is 4. The number of thiazole rings is 1. The van der Waals surface area contributed by atoms with E-state index in [2.05, 4.69) is 28.3 Å². The van der Waals surface area contributed by atoms with Crippen LogP contribution in [0.1, 0.15) is 23.4 Å². The predicted octanol–water partition coefficient (Wildman–Crippen LogP) is 2.39. The van der Waals surface area contributed by atoms with E-state index >= 15 is 0 Å². The Hall–Kier alpha value is -1.26. The van der Waals surface area contributed by atoms with Crippen molar-refractivity contribution in [1.29, 1.82) is 0 Å². The van der Waals surface area contributed by atoms with Crippen LogP contribution in [0.25, 0.3) is 0 Å². The van der Waals surface area contributed by atoms with E-state index in [1.165, 1.54) is 10.4 Å². The molecule has 0 aliphatic carbocycles. The summed E-state index contributed by atoms with van der Waals surface area (Å²) in [5.74, 6) is 0. The van der Waals surface area contributed by atoms with Crippen molar-refractivity contribution >= 4 is 11.3 Å². The summed E-state index contributed by atoms with van der Waals surface area (Å²) in [6.07, 6.45) is 5.58. The van der Waals surface area contributed by atoms with Crippen LogP contribution < -0.4 is 5.32 Å². The quantitative estimate of drug-likeness (QED) is 0.858. The van der Waals surface area contributed by atoms with Gasteiger partial charge in [0, 0.05) is 36.1 Å². The maximum atomic E-state index is 4.08. The standard InChI is InChI=1S/C11H13N3S/c1-9(11-7-13-8-15-11)14-6-10-3-2-4-12-5-10/h2-5,7-9,14H,6H2,1H3. The van der Waals surface area contributed by atoms with Gasteiger partial charge < -0.3 is 5.32 Å². The Kier molecular flexibility index (Phi) is 3.42. The predicted molar refractivity (Wildman–Crippen MR) is 61.6 cm³/mol. The van der Waals surface area contributed by atoms with Crippen molar-refractivity contribution in [1.82, 2.24) is 15.3 Å². The lowest BCUT2D eigenvalue weighted by molar-refractivity contribution is 0.581. The lowest BCUT2D eigenvalue weighted by atomic mass is 10.2. The second kappa shape index (κ2) is 5.00. The van der Waals surface area contributed by atoms with Gasteiger partial charge in [-0.25, -0.2) is 0 Å². The average molecular weight is 219 g/mol. The number of nitrogens with one attached hydrogen (secondary N) is 1. The van der Waals surface area contributed by atoms with E-state index in [1.807, 2.05) is 24.0 Å². The van der Waals surface area contributed by atoms with Gasteiger partial charge in [0.25, 0.3) is 0 Å². The topological polar surface area (TPSA) is 37.8 Å². The molecule has 2 rings (SSSR count). The minimum Gasteiger partial charge on any atom is -0.305 e. The van der Waals surface area contributed by atoms with Gasteiger partial charge in [0.2, 0.25) is 0 Å². The number of aromatic nitrogens is 2. The smallest absolute Gasteiger partial charge is 0.0794 e. The molecule has 0 amide bonds. The molecular weight excluding hydrogens is 206 g/mol. The van der Waals surface area contributed by atoms with Gasteiger partial charge in [-0.1, -0.05) is 6.07 Å². The molecule has 3 nitrogen and oxygen atoms in total. The van der Waals surface area contributed by atoms with Gasteiger partial charge in [-0.3, -0.25) is 9.97 Å². The Bertz CT molecular complexity index is 385. The molecule has 78 valence electrons. The number of nitrogens with zero attached hydrogens (tertiary/aromatic N) is 2. The molecule has 1 atom stereocenters. The van der Waals surface area contributed by atoms with E-state index in [4.69, 9.17) is 0 Å². The summed E-state index contributed by atoms with van der Waals surface area (Å²) in [5, 5.41) is 3.43. The first-order valence-corrected chi connectivity index (χ1v) is 5.75. The van der Waals surface area contributed by atoms with Crippen LogP contribution >= 0.6 is 11.3 Å². The molecule has 4 heteroatoms. The summed E-state index contributed by atoms with van der Waals surface area (Å²) in [4.78, 5) is 9.40. The molecular formula is C11H13N3S. The summed E-state index contributed by atoms with van der Waals surface area (Å²) < 4.78 is 0. The van der Waals surface area contributed by atoms with Crippen molar-refractivity contribution in [2.75, 3.05) is 0 Å². The van der Waals surface area contributed by atoms with Crippen molar-refractivity contribution in [2.45, 2.75) is 19.5 Å². The van der Waals surface area contributed by atoms with Crippen LogP contribution in [0.5, 0.6) is 0 Å². The second-order valence-electron chi connectivity index (χ2n) is 3.37. The van der Waals surface area contributed by atoms with Crippen LogP contribution in [0.2, 0.25) is 0 Å². The summed E-state index contributed by atoms with van der Waals surface area (Å²) in [6, 6.07) is 4.37. The number of pyridine rings is 1. The third-order valence-corrected chi connectivity index (χ3v) is 3.17. The Morgan fingerprint density at radius 1 is 1.40 bits per heavy atom. The van der Waals surface area contributed by atoms with E-state index in [1.54, 1.807) is 17.5 Å². The molecule has 0 aliphatic heterocycles. The van der Waals surface area contributed by atoms with Gasteiger partial charge in [-0.05, 0) is 18.6 Å². The molecule has 0 saturated carbocycles. The molecule has 1 unspecified atom stereocenters. The Morgan fingerprint density at radius 3 is 3.00 bits per heavy atom. The second-order valence-corrected chi connectivity index (χ2v) is 4.29. The summed E-state index contributed by atoms with van der Waals surface area (Å²) in [7, 11) is 0. The zero-order valence-corrected chi connectivity index (χ0v) is 9.37. The van der Waals surface area contributed by atoms with E-state index in [0.29, 0.717) is 6.04 Å². The van der Waals surface area contributed by atoms with E-state index in [0.717, 1.165) is 6.54 Å². The van der Waals surface area contributed by atoms with Crippen molar-refractivity contribution < 1.29 is 0 Å². The van der Waals surface area contributed by atoms with Crippen molar-refractivity contribution in [3.05, 3.63) is 46.7 Å². The van der Waals surface area contributed by atoms with Crippen LogP contribution in [0.3, 0.4) is 0 Å². The molecule has 0 fully saturated rings. The SMILES string of the molecule is CC(NCc1cccnc1)c1cncs1. The highest BCUT2D eigenvalue weighted by atomic mass is 32.1. The highest BCUT2D eigenvalue weighted by molar-refractivity contribution is 7.09. The van der Waals surface area contributed by atoms with Crippen molar-refractivity contribution in [3.63, 3.8) is 0 Å². The minimum absolute atomic E-state index is 0.345. The zero-order valence-electron chi connectivity index (χ0n) is 8.55. The van der Waals surface area contributed by atoms with Crippen LogP contribution in [0, 0.1) is 0 Å². The summed E-state index contributed by atoms with van der Waals surface area (Å²) in [5.41, 5.74) is 3.06. The molecule has 2 heterocycles. The van der Waals surface area contributed by atoms with Gasteiger partial charge in [0.05, 0.1) is 5.51 Å². The minimum atomic E-state index is 0.345. The van der Waals surface area contributed by atoms with Crippen LogP contribution in [-0.2, 0) is 6.54 Å². The van der Waals surface area contributed by atoms with E-state index in [-0.39, 0.29) is 0 Å². The lowest BCUT2D eigenvalue weighted by Crippen LogP contribution is -2.17. The summed E-state index contributed by atoms with van der Waals surface area (Å²) in [6.45, 7) is 2.98. The number of rotatable bonds is 4. The van der Waals surface area contributed by atoms with Crippen molar-refractivity contribution in [2.24, 2.45) is 0 Å². The Balaban J connectivity index is 1.89. The Morgan fingerprint density at radius 2 is 2.33 bits per heavy atom. The fourth-order valence-corrected chi connectivity index (χ4v) is 1.97.